The Balaban J connectivity index is 2.21. The van der Waals surface area contributed by atoms with Crippen LogP contribution in [0.5, 0.6) is 5.75 Å². The van der Waals surface area contributed by atoms with Crippen molar-refractivity contribution in [2.24, 2.45) is 5.73 Å². The summed E-state index contributed by atoms with van der Waals surface area (Å²) in [6.07, 6.45) is -0.485. The van der Waals surface area contributed by atoms with Crippen molar-refractivity contribution in [3.8, 4) is 5.75 Å². The van der Waals surface area contributed by atoms with Crippen molar-refractivity contribution < 1.29 is 22.7 Å². The van der Waals surface area contributed by atoms with Crippen LogP contribution in [0.25, 0.3) is 0 Å². The van der Waals surface area contributed by atoms with E-state index in [2.05, 4.69) is 4.72 Å². The van der Waals surface area contributed by atoms with E-state index in [1.807, 2.05) is 0 Å². The third kappa shape index (κ3) is 4.71. The van der Waals surface area contributed by atoms with E-state index in [4.69, 9.17) is 26.8 Å². The van der Waals surface area contributed by atoms with E-state index in [0.29, 0.717) is 4.34 Å². The van der Waals surface area contributed by atoms with E-state index in [1.54, 1.807) is 12.1 Å². The third-order valence-electron chi connectivity index (χ3n) is 3.40. The molecule has 3 N–H and O–H groups in total. The molecule has 0 saturated carbocycles. The van der Waals surface area contributed by atoms with Gasteiger partial charge in [0.05, 0.1) is 21.9 Å². The molecule has 1 heterocycles. The number of sulfonamides is 1. The van der Waals surface area contributed by atoms with E-state index in [-0.39, 0.29) is 22.8 Å². The molecule has 2 aromatic rings. The first-order valence-electron chi connectivity index (χ1n) is 7.04. The number of carbonyl (C=O) groups is 1. The summed E-state index contributed by atoms with van der Waals surface area (Å²) < 4.78 is 38.3. The molecule has 0 unspecified atom stereocenters. The molecule has 0 saturated heterocycles. The highest BCUT2D eigenvalue weighted by Gasteiger charge is 2.21. The highest BCUT2D eigenvalue weighted by atomic mass is 35.5. The fraction of sp³-hybridized carbons (Fsp3) is 0.267. The van der Waals surface area contributed by atoms with Crippen molar-refractivity contribution in [1.82, 2.24) is 4.72 Å². The quantitative estimate of drug-likeness (QED) is 0.701. The summed E-state index contributed by atoms with van der Waals surface area (Å²) in [7, 11) is -1.03. The van der Waals surface area contributed by atoms with Crippen LogP contribution < -0.4 is 15.2 Å². The van der Waals surface area contributed by atoms with E-state index in [9.17, 15) is 13.2 Å². The zero-order chi connectivity index (χ0) is 18.6. The summed E-state index contributed by atoms with van der Waals surface area (Å²) in [5.41, 5.74) is 5.24. The van der Waals surface area contributed by atoms with Gasteiger partial charge in [0.2, 0.25) is 10.0 Å². The van der Waals surface area contributed by atoms with Crippen LogP contribution in [0.3, 0.4) is 0 Å². The highest BCUT2D eigenvalue weighted by molar-refractivity contribution is 7.89. The number of amides is 1. The second kappa shape index (κ2) is 8.15. The second-order valence-corrected chi connectivity index (χ2v) is 8.46. The molecule has 1 aromatic carbocycles. The molecule has 1 aromatic heterocycles. The number of halogens is 1. The molecule has 0 aliphatic heterocycles. The van der Waals surface area contributed by atoms with Crippen molar-refractivity contribution in [1.29, 1.82) is 0 Å². The Kier molecular flexibility index (Phi) is 6.42. The lowest BCUT2D eigenvalue weighted by molar-refractivity contribution is 0.0997. The SMILES string of the molecule is COc1ccc(S(=O)(=O)NC[C@@H](OC)c2ccc(Cl)s2)cc1C(N)=O. The highest BCUT2D eigenvalue weighted by Crippen LogP contribution is 2.29. The van der Waals surface area contributed by atoms with Gasteiger partial charge >= 0.3 is 0 Å². The number of primary amides is 1. The lowest BCUT2D eigenvalue weighted by atomic mass is 10.2. The number of thiophene rings is 1. The van der Waals surface area contributed by atoms with Crippen molar-refractivity contribution in [2.75, 3.05) is 20.8 Å². The number of hydrogen-bond donors (Lipinski definition) is 2. The van der Waals surface area contributed by atoms with Gasteiger partial charge < -0.3 is 15.2 Å². The molecule has 0 fully saturated rings. The first kappa shape index (κ1) is 19.7. The first-order valence-corrected chi connectivity index (χ1v) is 9.71. The molecule has 136 valence electrons. The standard InChI is InChI=1S/C15H17ClN2O5S2/c1-22-11-4-3-9(7-10(11)15(17)19)25(20,21)18-8-12(23-2)13-5-6-14(16)24-13/h3-7,12,18H,8H2,1-2H3,(H2,17,19)/t12-/m1/s1. The van der Waals surface area contributed by atoms with Gasteiger partial charge in [0.25, 0.3) is 5.91 Å². The Labute approximate surface area is 154 Å². The maximum Gasteiger partial charge on any atom is 0.252 e. The third-order valence-corrected chi connectivity index (χ3v) is 6.15. The van der Waals surface area contributed by atoms with Gasteiger partial charge in [-0.2, -0.15) is 0 Å². The van der Waals surface area contributed by atoms with Gasteiger partial charge in [-0.15, -0.1) is 11.3 Å². The molecule has 0 aliphatic rings. The summed E-state index contributed by atoms with van der Waals surface area (Å²) in [5.74, 6) is -0.577. The number of benzene rings is 1. The number of methoxy groups -OCH3 is 2. The zero-order valence-electron chi connectivity index (χ0n) is 13.5. The summed E-state index contributed by atoms with van der Waals surface area (Å²) >= 11 is 7.20. The Morgan fingerprint density at radius 3 is 2.56 bits per heavy atom. The topological polar surface area (TPSA) is 108 Å². The summed E-state index contributed by atoms with van der Waals surface area (Å²) in [5, 5.41) is 0. The van der Waals surface area contributed by atoms with Crippen molar-refractivity contribution >= 4 is 38.9 Å². The van der Waals surface area contributed by atoms with Crippen LogP contribution in [0.1, 0.15) is 21.3 Å². The van der Waals surface area contributed by atoms with E-state index in [0.717, 1.165) is 4.88 Å². The van der Waals surface area contributed by atoms with Crippen LogP contribution in [0.2, 0.25) is 4.34 Å². The summed E-state index contributed by atoms with van der Waals surface area (Å²) in [6, 6.07) is 7.37. The second-order valence-electron chi connectivity index (χ2n) is 4.94. The average Bonchev–Trinajstić information content (AvgIpc) is 3.01. The fourth-order valence-electron chi connectivity index (χ4n) is 2.12. The van der Waals surface area contributed by atoms with Crippen molar-refractivity contribution in [3.63, 3.8) is 0 Å². The monoisotopic (exact) mass is 404 g/mol. The minimum atomic E-state index is -3.87. The molecule has 25 heavy (non-hydrogen) atoms. The molecule has 0 radical (unpaired) electrons. The normalized spacial score (nSPS) is 12.8. The minimum absolute atomic E-state index is 0.00755. The van der Waals surface area contributed by atoms with Crippen LogP contribution in [0.15, 0.2) is 35.2 Å². The van der Waals surface area contributed by atoms with Gasteiger partial charge in [0.1, 0.15) is 11.9 Å². The lowest BCUT2D eigenvalue weighted by Crippen LogP contribution is -2.29. The van der Waals surface area contributed by atoms with Gasteiger partial charge in [0, 0.05) is 18.5 Å². The Bertz CT molecular complexity index is 867. The first-order chi connectivity index (χ1) is 11.8. The summed E-state index contributed by atoms with van der Waals surface area (Å²) in [6.45, 7) is 0.00755. The van der Waals surface area contributed by atoms with Crippen LogP contribution in [-0.4, -0.2) is 35.1 Å². The van der Waals surface area contributed by atoms with Gasteiger partial charge in [-0.25, -0.2) is 13.1 Å². The molecule has 0 aliphatic carbocycles. The number of rotatable bonds is 8. The Morgan fingerprint density at radius 2 is 2.04 bits per heavy atom. The van der Waals surface area contributed by atoms with Crippen molar-refractivity contribution in [2.45, 2.75) is 11.0 Å². The summed E-state index contributed by atoms with van der Waals surface area (Å²) in [4.78, 5) is 12.2. The van der Waals surface area contributed by atoms with Gasteiger partial charge in [0.15, 0.2) is 0 Å². The van der Waals surface area contributed by atoms with E-state index >= 15 is 0 Å². The van der Waals surface area contributed by atoms with Crippen LogP contribution in [0.4, 0.5) is 0 Å². The molecule has 1 atom stereocenters. The van der Waals surface area contributed by atoms with E-state index in [1.165, 1.54) is 43.8 Å². The molecule has 7 nitrogen and oxygen atoms in total. The zero-order valence-corrected chi connectivity index (χ0v) is 15.9. The van der Waals surface area contributed by atoms with Gasteiger partial charge in [-0.05, 0) is 30.3 Å². The van der Waals surface area contributed by atoms with Crippen LogP contribution in [0, 0.1) is 0 Å². The Hall–Kier alpha value is -1.65. The fourth-order valence-corrected chi connectivity index (χ4v) is 4.31. The maximum atomic E-state index is 12.5. The average molecular weight is 405 g/mol. The smallest absolute Gasteiger partial charge is 0.252 e. The van der Waals surface area contributed by atoms with Crippen LogP contribution in [-0.2, 0) is 14.8 Å². The number of carbonyl (C=O) groups excluding carboxylic acids is 1. The molecular weight excluding hydrogens is 388 g/mol. The largest absolute Gasteiger partial charge is 0.496 e. The predicted octanol–water partition coefficient (Wildman–Crippen LogP) is 2.17. The number of ether oxygens (including phenoxy) is 2. The molecule has 1 amide bonds. The number of hydrogen-bond acceptors (Lipinski definition) is 6. The predicted molar refractivity (Wildman–Crippen MR) is 95.8 cm³/mol. The van der Waals surface area contributed by atoms with Gasteiger partial charge in [-0.3, -0.25) is 4.79 Å². The van der Waals surface area contributed by atoms with Crippen LogP contribution >= 0.6 is 22.9 Å². The Morgan fingerprint density at radius 1 is 1.32 bits per heavy atom. The van der Waals surface area contributed by atoms with Crippen molar-refractivity contribution in [3.05, 3.63) is 45.1 Å². The number of nitrogens with one attached hydrogen (secondary N) is 1. The number of nitrogens with two attached hydrogens (primary N) is 1. The molecule has 0 bridgehead atoms. The van der Waals surface area contributed by atoms with Gasteiger partial charge in [-0.1, -0.05) is 11.6 Å². The molecular formula is C15H17ClN2O5S2. The molecule has 0 spiro atoms. The minimum Gasteiger partial charge on any atom is -0.496 e. The maximum absolute atomic E-state index is 12.5. The van der Waals surface area contributed by atoms with E-state index < -0.39 is 22.0 Å². The lowest BCUT2D eigenvalue weighted by Gasteiger charge is -2.15. The molecule has 2 rings (SSSR count). The molecule has 10 heteroatoms.